The summed E-state index contributed by atoms with van der Waals surface area (Å²) in [5, 5.41) is 12.2. The van der Waals surface area contributed by atoms with E-state index in [1.807, 2.05) is 6.92 Å². The van der Waals surface area contributed by atoms with Crippen LogP contribution in [0.4, 0.5) is 5.69 Å². The van der Waals surface area contributed by atoms with Crippen LogP contribution in [0.15, 0.2) is 23.1 Å². The number of rotatable bonds is 10. The van der Waals surface area contributed by atoms with E-state index in [9.17, 15) is 13.2 Å². The lowest BCUT2D eigenvalue weighted by molar-refractivity contribution is 0.0696. The lowest BCUT2D eigenvalue weighted by atomic mass is 10.1. The van der Waals surface area contributed by atoms with Crippen molar-refractivity contribution < 1.29 is 18.3 Å². The number of anilines is 1. The van der Waals surface area contributed by atoms with Gasteiger partial charge in [0.2, 0.25) is 10.0 Å². The van der Waals surface area contributed by atoms with Crippen LogP contribution in [0.2, 0.25) is 0 Å². The minimum absolute atomic E-state index is 0.0164. The van der Waals surface area contributed by atoms with Gasteiger partial charge in [-0.25, -0.2) is 17.9 Å². The fourth-order valence-electron chi connectivity index (χ4n) is 1.98. The highest BCUT2D eigenvalue weighted by Gasteiger charge is 2.20. The molecule has 7 heteroatoms. The molecule has 0 aromatic heterocycles. The molecule has 1 aromatic carbocycles. The van der Waals surface area contributed by atoms with Crippen LogP contribution in [0, 0.1) is 5.92 Å². The molecule has 0 radical (unpaired) electrons. The molecule has 0 saturated carbocycles. The van der Waals surface area contributed by atoms with Gasteiger partial charge in [-0.15, -0.1) is 0 Å². The fourth-order valence-corrected chi connectivity index (χ4v) is 3.26. The number of hydrogen-bond donors (Lipinski definition) is 3. The Kier molecular flexibility index (Phi) is 7.51. The lowest BCUT2D eigenvalue weighted by Gasteiger charge is -2.15. The number of carboxylic acid groups (broad SMARTS) is 1. The zero-order valence-electron chi connectivity index (χ0n) is 13.9. The second-order valence-electron chi connectivity index (χ2n) is 5.88. The van der Waals surface area contributed by atoms with Gasteiger partial charge in [0.1, 0.15) is 4.90 Å². The third-order valence-electron chi connectivity index (χ3n) is 3.38. The van der Waals surface area contributed by atoms with Gasteiger partial charge in [-0.05, 0) is 37.0 Å². The summed E-state index contributed by atoms with van der Waals surface area (Å²) in [5.74, 6) is -0.660. The number of hydrogen-bond acceptors (Lipinski definition) is 4. The average Bonchev–Trinajstić information content (AvgIpc) is 2.47. The molecule has 3 N–H and O–H groups in total. The van der Waals surface area contributed by atoms with E-state index in [1.54, 1.807) is 0 Å². The molecule has 23 heavy (non-hydrogen) atoms. The molecule has 0 aliphatic rings. The van der Waals surface area contributed by atoms with Gasteiger partial charge in [0.05, 0.1) is 11.3 Å². The van der Waals surface area contributed by atoms with Crippen molar-refractivity contribution in [3.8, 4) is 0 Å². The third kappa shape index (κ3) is 6.19. The van der Waals surface area contributed by atoms with Crippen LogP contribution in [0.25, 0.3) is 0 Å². The molecular formula is C16H26N2O4S. The summed E-state index contributed by atoms with van der Waals surface area (Å²) in [6, 6.07) is 4.12. The highest BCUT2D eigenvalue weighted by molar-refractivity contribution is 7.89. The van der Waals surface area contributed by atoms with Crippen LogP contribution >= 0.6 is 0 Å². The van der Waals surface area contributed by atoms with Gasteiger partial charge in [0.25, 0.3) is 0 Å². The highest BCUT2D eigenvalue weighted by Crippen LogP contribution is 2.23. The monoisotopic (exact) mass is 342 g/mol. The molecule has 0 aliphatic carbocycles. The van der Waals surface area contributed by atoms with Crippen LogP contribution in [-0.4, -0.2) is 32.6 Å². The zero-order chi connectivity index (χ0) is 17.5. The first kappa shape index (κ1) is 19.4. The molecule has 1 aromatic rings. The Hall–Kier alpha value is -1.60. The SMILES string of the molecule is CCCCNS(=O)(=O)c1cc(C(=O)O)ccc1NCCC(C)C. The van der Waals surface area contributed by atoms with Crippen LogP contribution < -0.4 is 10.0 Å². The van der Waals surface area contributed by atoms with Crippen molar-refractivity contribution in [1.29, 1.82) is 0 Å². The second kappa shape index (κ2) is 8.88. The summed E-state index contributed by atoms with van der Waals surface area (Å²) < 4.78 is 27.4. The smallest absolute Gasteiger partial charge is 0.335 e. The third-order valence-corrected chi connectivity index (χ3v) is 4.88. The Morgan fingerprint density at radius 3 is 2.52 bits per heavy atom. The number of carboxylic acids is 1. The average molecular weight is 342 g/mol. The standard InChI is InChI=1S/C16H26N2O4S/c1-4-5-9-18-23(21,22)15-11-13(16(19)20)6-7-14(15)17-10-8-12(2)3/h6-7,11-12,17-18H,4-5,8-10H2,1-3H3,(H,19,20). The number of nitrogens with one attached hydrogen (secondary N) is 2. The van der Waals surface area contributed by atoms with Gasteiger partial charge in [0.15, 0.2) is 0 Å². The van der Waals surface area contributed by atoms with Gasteiger partial charge in [-0.1, -0.05) is 27.2 Å². The molecule has 0 heterocycles. The van der Waals surface area contributed by atoms with E-state index in [-0.39, 0.29) is 10.5 Å². The fraction of sp³-hybridized carbons (Fsp3) is 0.562. The number of sulfonamides is 1. The molecule has 0 aliphatic heterocycles. The van der Waals surface area contributed by atoms with Crippen LogP contribution in [0.3, 0.4) is 0 Å². The Labute approximate surface area is 138 Å². The topological polar surface area (TPSA) is 95.5 Å². The van der Waals surface area contributed by atoms with E-state index in [1.165, 1.54) is 18.2 Å². The normalized spacial score (nSPS) is 11.7. The minimum atomic E-state index is -3.75. The quantitative estimate of drug-likeness (QED) is 0.568. The summed E-state index contributed by atoms with van der Waals surface area (Å²) in [7, 11) is -3.75. The van der Waals surface area contributed by atoms with Gasteiger partial charge in [-0.3, -0.25) is 0 Å². The molecule has 0 atom stereocenters. The van der Waals surface area contributed by atoms with Crippen molar-refractivity contribution in [2.24, 2.45) is 5.92 Å². The van der Waals surface area contributed by atoms with Crippen LogP contribution in [0.1, 0.15) is 50.4 Å². The molecule has 0 amide bonds. The largest absolute Gasteiger partial charge is 0.478 e. The second-order valence-corrected chi connectivity index (χ2v) is 7.61. The van der Waals surface area contributed by atoms with E-state index < -0.39 is 16.0 Å². The van der Waals surface area contributed by atoms with Crippen LogP contribution in [0.5, 0.6) is 0 Å². The Balaban J connectivity index is 3.07. The lowest BCUT2D eigenvalue weighted by Crippen LogP contribution is -2.26. The van der Waals surface area contributed by atoms with Crippen molar-refractivity contribution in [1.82, 2.24) is 4.72 Å². The first-order chi connectivity index (χ1) is 10.8. The molecule has 0 fully saturated rings. The molecule has 0 unspecified atom stereocenters. The van der Waals surface area contributed by atoms with Crippen molar-refractivity contribution >= 4 is 21.7 Å². The zero-order valence-corrected chi connectivity index (χ0v) is 14.7. The molecule has 0 spiro atoms. The van der Waals surface area contributed by atoms with E-state index in [4.69, 9.17) is 5.11 Å². The predicted octanol–water partition coefficient (Wildman–Crippen LogP) is 2.92. The maximum Gasteiger partial charge on any atom is 0.335 e. The van der Waals surface area contributed by atoms with Crippen molar-refractivity contribution in [3.63, 3.8) is 0 Å². The molecular weight excluding hydrogens is 316 g/mol. The van der Waals surface area contributed by atoms with E-state index in [0.29, 0.717) is 24.7 Å². The van der Waals surface area contributed by atoms with E-state index in [2.05, 4.69) is 23.9 Å². The summed E-state index contributed by atoms with van der Waals surface area (Å²) in [6.07, 6.45) is 2.49. The number of carbonyl (C=O) groups is 1. The summed E-state index contributed by atoms with van der Waals surface area (Å²) >= 11 is 0. The molecule has 130 valence electrons. The van der Waals surface area contributed by atoms with Crippen molar-refractivity contribution in [3.05, 3.63) is 23.8 Å². The number of unbranched alkanes of at least 4 members (excludes halogenated alkanes) is 1. The maximum absolute atomic E-state index is 12.5. The number of aromatic carboxylic acids is 1. The van der Waals surface area contributed by atoms with Gasteiger partial charge in [0, 0.05) is 13.1 Å². The van der Waals surface area contributed by atoms with Gasteiger partial charge >= 0.3 is 5.97 Å². The predicted molar refractivity (Wildman–Crippen MR) is 91.4 cm³/mol. The molecule has 0 bridgehead atoms. The van der Waals surface area contributed by atoms with Crippen LogP contribution in [-0.2, 0) is 10.0 Å². The number of benzene rings is 1. The summed E-state index contributed by atoms with van der Waals surface area (Å²) in [6.45, 7) is 7.10. The van der Waals surface area contributed by atoms with Gasteiger partial charge < -0.3 is 10.4 Å². The van der Waals surface area contributed by atoms with E-state index >= 15 is 0 Å². The molecule has 0 saturated heterocycles. The molecule has 6 nitrogen and oxygen atoms in total. The van der Waals surface area contributed by atoms with Gasteiger partial charge in [-0.2, -0.15) is 0 Å². The Morgan fingerprint density at radius 2 is 1.96 bits per heavy atom. The van der Waals surface area contributed by atoms with E-state index in [0.717, 1.165) is 19.3 Å². The first-order valence-electron chi connectivity index (χ1n) is 7.88. The van der Waals surface area contributed by atoms with Crippen molar-refractivity contribution in [2.75, 3.05) is 18.4 Å². The summed E-state index contributed by atoms with van der Waals surface area (Å²) in [4.78, 5) is 11.1. The first-order valence-corrected chi connectivity index (χ1v) is 9.37. The van der Waals surface area contributed by atoms with Crippen molar-refractivity contribution in [2.45, 2.75) is 44.9 Å². The minimum Gasteiger partial charge on any atom is -0.478 e. The molecule has 1 rings (SSSR count). The highest BCUT2D eigenvalue weighted by atomic mass is 32.2. The Bertz CT molecular complexity index is 627. The summed E-state index contributed by atoms with van der Waals surface area (Å²) in [5.41, 5.74) is 0.384. The Morgan fingerprint density at radius 1 is 1.26 bits per heavy atom. The maximum atomic E-state index is 12.5.